The summed E-state index contributed by atoms with van der Waals surface area (Å²) in [7, 11) is -2.65. The van der Waals surface area contributed by atoms with Gasteiger partial charge in [-0.2, -0.15) is 0 Å². The number of aliphatic hydroxyl groups is 2. The predicted octanol–water partition coefficient (Wildman–Crippen LogP) is 6.78. The fourth-order valence-electron chi connectivity index (χ4n) is 4.68. The van der Waals surface area contributed by atoms with Crippen molar-refractivity contribution >= 4 is 8.60 Å². The van der Waals surface area contributed by atoms with E-state index in [4.69, 9.17) is 4.52 Å². The lowest BCUT2D eigenvalue weighted by atomic mass is 9.65. The van der Waals surface area contributed by atoms with Crippen molar-refractivity contribution in [3.05, 3.63) is 28.3 Å². The van der Waals surface area contributed by atoms with E-state index in [1.807, 2.05) is 6.92 Å². The fourth-order valence-corrected chi connectivity index (χ4v) is 5.03. The van der Waals surface area contributed by atoms with E-state index in [0.717, 1.165) is 35.1 Å². The van der Waals surface area contributed by atoms with Crippen molar-refractivity contribution in [3.8, 4) is 5.75 Å². The summed E-state index contributed by atoms with van der Waals surface area (Å²) in [5.74, 6) is 0.437. The third kappa shape index (κ3) is 6.92. The highest BCUT2D eigenvalue weighted by Crippen LogP contribution is 2.53. The van der Waals surface area contributed by atoms with Gasteiger partial charge in [0, 0.05) is 16.5 Å². The van der Waals surface area contributed by atoms with Crippen LogP contribution in [0.25, 0.3) is 0 Å². The molecule has 0 radical (unpaired) electrons. The molecular formula is C27H49O5P. The first kappa shape index (κ1) is 30.3. The van der Waals surface area contributed by atoms with Gasteiger partial charge in [0.25, 0.3) is 0 Å². The number of unbranched alkanes of at least 4 members (excludes halogenated alkanes) is 1. The van der Waals surface area contributed by atoms with E-state index in [0.29, 0.717) is 18.6 Å². The first-order valence-corrected chi connectivity index (χ1v) is 13.4. The van der Waals surface area contributed by atoms with Crippen LogP contribution in [0.15, 0.2) is 6.07 Å². The maximum absolute atomic E-state index is 12.1. The smallest absolute Gasteiger partial charge is 0.391 e. The average Bonchev–Trinajstić information content (AvgIpc) is 2.65. The molecule has 0 saturated carbocycles. The zero-order valence-electron chi connectivity index (χ0n) is 22.8. The molecule has 0 spiro atoms. The maximum Gasteiger partial charge on any atom is 0.391 e. The van der Waals surface area contributed by atoms with Crippen molar-refractivity contribution in [2.24, 2.45) is 5.41 Å². The Morgan fingerprint density at radius 2 is 1.39 bits per heavy atom. The van der Waals surface area contributed by atoms with Crippen LogP contribution in [0.5, 0.6) is 5.75 Å². The summed E-state index contributed by atoms with van der Waals surface area (Å²) in [6, 6.07) is 2.07. The van der Waals surface area contributed by atoms with Crippen molar-refractivity contribution in [2.75, 3.05) is 6.61 Å². The lowest BCUT2D eigenvalue weighted by Crippen LogP contribution is -2.36. The van der Waals surface area contributed by atoms with Gasteiger partial charge in [0.2, 0.25) is 0 Å². The highest BCUT2D eigenvalue weighted by atomic mass is 31.2. The minimum atomic E-state index is -2.65. The molecule has 1 aromatic rings. The highest BCUT2D eigenvalue weighted by Gasteiger charge is 2.43. The number of hydrogen-bond donors (Lipinski definition) is 4. The molecule has 2 atom stereocenters. The van der Waals surface area contributed by atoms with Crippen LogP contribution in [0.3, 0.4) is 0 Å². The van der Waals surface area contributed by atoms with Crippen LogP contribution in [0.4, 0.5) is 0 Å². The van der Waals surface area contributed by atoms with Gasteiger partial charge in [-0.25, -0.2) is 0 Å². The van der Waals surface area contributed by atoms with E-state index in [9.17, 15) is 20.0 Å². The Bertz CT molecular complexity index is 778. The second-order valence-electron chi connectivity index (χ2n) is 12.6. The van der Waals surface area contributed by atoms with Crippen molar-refractivity contribution < 1.29 is 24.5 Å². The van der Waals surface area contributed by atoms with E-state index >= 15 is 0 Å². The molecule has 4 N–H and O–H groups in total. The summed E-state index contributed by atoms with van der Waals surface area (Å²) in [4.78, 5) is 19.8. The molecular weight excluding hydrogens is 435 g/mol. The molecule has 0 saturated heterocycles. The summed E-state index contributed by atoms with van der Waals surface area (Å²) in [6.07, 6.45) is 2.28. The van der Waals surface area contributed by atoms with Gasteiger partial charge in [0.05, 0.1) is 12.7 Å². The van der Waals surface area contributed by atoms with Crippen LogP contribution in [0.1, 0.15) is 130 Å². The predicted molar refractivity (Wildman–Crippen MR) is 139 cm³/mol. The highest BCUT2D eigenvalue weighted by molar-refractivity contribution is 7.39. The Labute approximate surface area is 203 Å². The van der Waals surface area contributed by atoms with Gasteiger partial charge >= 0.3 is 8.60 Å². The fraction of sp³-hybridized carbons (Fsp3) is 0.778. The monoisotopic (exact) mass is 484 g/mol. The Morgan fingerprint density at radius 1 is 0.879 bits per heavy atom. The summed E-state index contributed by atoms with van der Waals surface area (Å²) in [6.45, 7) is 22.8. The summed E-state index contributed by atoms with van der Waals surface area (Å²) >= 11 is 0. The van der Waals surface area contributed by atoms with Gasteiger partial charge in [-0.3, -0.25) is 0 Å². The second-order valence-corrected chi connectivity index (χ2v) is 13.3. The second kappa shape index (κ2) is 10.9. The molecule has 1 rings (SSSR count). The van der Waals surface area contributed by atoms with Gasteiger partial charge in [0.1, 0.15) is 5.75 Å². The Morgan fingerprint density at radius 3 is 1.73 bits per heavy atom. The maximum atomic E-state index is 12.1. The van der Waals surface area contributed by atoms with Crippen molar-refractivity contribution in [3.63, 3.8) is 0 Å². The first-order chi connectivity index (χ1) is 14.9. The van der Waals surface area contributed by atoms with Crippen LogP contribution >= 0.6 is 8.60 Å². The van der Waals surface area contributed by atoms with E-state index in [2.05, 4.69) is 75.3 Å². The molecule has 0 aliphatic rings. The molecule has 0 amide bonds. The first-order valence-electron chi connectivity index (χ1n) is 12.2. The lowest BCUT2D eigenvalue weighted by molar-refractivity contribution is -0.0320. The summed E-state index contributed by atoms with van der Waals surface area (Å²) < 4.78 is 5.75. The molecule has 1 aromatic carbocycles. The number of benzene rings is 1. The van der Waals surface area contributed by atoms with Crippen LogP contribution in [-0.4, -0.2) is 26.6 Å². The Kier molecular flexibility index (Phi) is 10.0. The molecule has 33 heavy (non-hydrogen) atoms. The standard InChI is InChI=1S/C27H49O5P/c1-12-14-15-27(13-2,17-28)23(29)20-18(24(3,4)5)16-19(25(6,7)8)22(32-33(30)31)21(20)26(9,10)11/h16,23,28-31H,12-15,17H2,1-11H3. The Hall–Kier alpha value is -0.710. The number of rotatable bonds is 9. The van der Waals surface area contributed by atoms with Crippen LogP contribution in [0.2, 0.25) is 0 Å². The summed E-state index contributed by atoms with van der Waals surface area (Å²) in [5.41, 5.74) is 1.64. The van der Waals surface area contributed by atoms with E-state index < -0.39 is 25.5 Å². The third-order valence-corrected chi connectivity index (χ3v) is 7.11. The normalized spacial score (nSPS) is 16.1. The zero-order valence-corrected chi connectivity index (χ0v) is 23.7. The topological polar surface area (TPSA) is 90.2 Å². The molecule has 0 fully saturated rings. The van der Waals surface area contributed by atoms with Crippen LogP contribution in [-0.2, 0) is 16.2 Å². The number of aliphatic hydroxyl groups excluding tert-OH is 2. The molecule has 0 heterocycles. The lowest BCUT2D eigenvalue weighted by Gasteiger charge is -2.43. The summed E-state index contributed by atoms with van der Waals surface area (Å²) in [5, 5.41) is 22.6. The minimum absolute atomic E-state index is 0.123. The van der Waals surface area contributed by atoms with Gasteiger partial charge in [-0.15, -0.1) is 0 Å². The number of hydrogen-bond acceptors (Lipinski definition) is 5. The molecule has 0 aliphatic carbocycles. The molecule has 0 bridgehead atoms. The molecule has 5 nitrogen and oxygen atoms in total. The molecule has 6 heteroatoms. The quantitative estimate of drug-likeness (QED) is 0.290. The van der Waals surface area contributed by atoms with Crippen molar-refractivity contribution in [2.45, 2.75) is 124 Å². The largest absolute Gasteiger partial charge is 0.426 e. The van der Waals surface area contributed by atoms with E-state index in [-0.39, 0.29) is 17.4 Å². The van der Waals surface area contributed by atoms with Gasteiger partial charge in [-0.1, -0.05) is 95.1 Å². The Balaban J connectivity index is 4.28. The minimum Gasteiger partial charge on any atom is -0.426 e. The molecule has 0 aromatic heterocycles. The molecule has 2 unspecified atom stereocenters. The molecule has 0 aliphatic heterocycles. The van der Waals surface area contributed by atoms with Gasteiger partial charge in [-0.05, 0) is 40.2 Å². The average molecular weight is 485 g/mol. The van der Waals surface area contributed by atoms with E-state index in [1.54, 1.807) is 0 Å². The SMILES string of the molecule is CCCCC(CC)(CO)C(O)c1c(C(C)(C)C)cc(C(C)(C)C)c(OP(O)O)c1C(C)(C)C. The molecule has 192 valence electrons. The zero-order chi connectivity index (χ0) is 26.0. The van der Waals surface area contributed by atoms with Crippen LogP contribution < -0.4 is 4.52 Å². The van der Waals surface area contributed by atoms with Crippen molar-refractivity contribution in [1.82, 2.24) is 0 Å². The van der Waals surface area contributed by atoms with E-state index in [1.165, 1.54) is 0 Å². The van der Waals surface area contributed by atoms with Crippen molar-refractivity contribution in [1.29, 1.82) is 0 Å². The van der Waals surface area contributed by atoms with Gasteiger partial charge in [0.15, 0.2) is 0 Å². The van der Waals surface area contributed by atoms with Crippen LogP contribution in [0, 0.1) is 5.41 Å². The van der Waals surface area contributed by atoms with Gasteiger partial charge < -0.3 is 24.5 Å². The third-order valence-electron chi connectivity index (χ3n) is 6.76.